The molecule has 0 aliphatic rings. The quantitative estimate of drug-likeness (QED) is 0.790. The van der Waals surface area contributed by atoms with Crippen molar-refractivity contribution in [2.45, 2.75) is 32.1 Å². The highest BCUT2D eigenvalue weighted by atomic mass is 19.1. The number of nitrogens with one attached hydrogen (secondary N) is 1. The molecule has 4 heteroatoms. The highest BCUT2D eigenvalue weighted by Gasteiger charge is 2.22. The number of rotatable bonds is 7. The minimum Gasteiger partial charge on any atom is -0.469 e. The SMILES string of the molecule is CCCCNC(=O)C(Cc1ccco1)c1ccc(F)cc1. The van der Waals surface area contributed by atoms with Crippen LogP contribution in [0.15, 0.2) is 47.1 Å². The van der Waals surface area contributed by atoms with Gasteiger partial charge in [0, 0.05) is 13.0 Å². The molecule has 1 unspecified atom stereocenters. The number of hydrogen-bond acceptors (Lipinski definition) is 2. The van der Waals surface area contributed by atoms with Gasteiger partial charge >= 0.3 is 0 Å². The molecule has 1 aromatic heterocycles. The summed E-state index contributed by atoms with van der Waals surface area (Å²) in [4.78, 5) is 12.4. The van der Waals surface area contributed by atoms with Crippen LogP contribution >= 0.6 is 0 Å². The van der Waals surface area contributed by atoms with Crippen molar-refractivity contribution in [3.63, 3.8) is 0 Å². The Hall–Kier alpha value is -2.10. The van der Waals surface area contributed by atoms with Gasteiger partial charge in [-0.05, 0) is 36.2 Å². The van der Waals surface area contributed by atoms with Crippen LogP contribution in [0.4, 0.5) is 4.39 Å². The molecule has 0 aliphatic heterocycles. The number of amides is 1. The van der Waals surface area contributed by atoms with Gasteiger partial charge in [-0.1, -0.05) is 25.5 Å². The molecule has 0 saturated carbocycles. The molecule has 0 bridgehead atoms. The Labute approximate surface area is 124 Å². The van der Waals surface area contributed by atoms with Gasteiger partial charge in [-0.2, -0.15) is 0 Å². The second-order valence-corrected chi connectivity index (χ2v) is 5.03. The van der Waals surface area contributed by atoms with Crippen LogP contribution in [0.1, 0.15) is 37.0 Å². The van der Waals surface area contributed by atoms with Crippen molar-refractivity contribution in [3.8, 4) is 0 Å². The Kier molecular flexibility index (Phi) is 5.55. The van der Waals surface area contributed by atoms with Crippen LogP contribution in [-0.4, -0.2) is 12.5 Å². The first-order chi connectivity index (χ1) is 10.2. The smallest absolute Gasteiger partial charge is 0.228 e. The van der Waals surface area contributed by atoms with Crippen LogP contribution in [0.5, 0.6) is 0 Å². The average molecular weight is 289 g/mol. The number of carbonyl (C=O) groups excluding carboxylic acids is 1. The number of carbonyl (C=O) groups is 1. The van der Waals surface area contributed by atoms with E-state index in [4.69, 9.17) is 4.42 Å². The fraction of sp³-hybridized carbons (Fsp3) is 0.353. The molecule has 0 saturated heterocycles. The molecular formula is C17H20FNO2. The number of furan rings is 1. The fourth-order valence-corrected chi connectivity index (χ4v) is 2.20. The lowest BCUT2D eigenvalue weighted by molar-refractivity contribution is -0.122. The van der Waals surface area contributed by atoms with Crippen LogP contribution in [0, 0.1) is 5.82 Å². The van der Waals surface area contributed by atoms with Gasteiger partial charge in [0.15, 0.2) is 0 Å². The van der Waals surface area contributed by atoms with E-state index in [0.29, 0.717) is 13.0 Å². The van der Waals surface area contributed by atoms with Crippen LogP contribution < -0.4 is 5.32 Å². The first kappa shape index (κ1) is 15.3. The molecule has 0 spiro atoms. The molecule has 1 heterocycles. The first-order valence-electron chi connectivity index (χ1n) is 7.26. The Bertz CT molecular complexity index is 549. The zero-order valence-electron chi connectivity index (χ0n) is 12.1. The van der Waals surface area contributed by atoms with Gasteiger partial charge in [-0.25, -0.2) is 4.39 Å². The summed E-state index contributed by atoms with van der Waals surface area (Å²) < 4.78 is 18.4. The molecule has 21 heavy (non-hydrogen) atoms. The Morgan fingerprint density at radius 1 is 1.29 bits per heavy atom. The summed E-state index contributed by atoms with van der Waals surface area (Å²) in [5, 5.41) is 2.93. The standard InChI is InChI=1S/C17H20FNO2/c1-2-3-10-19-17(20)16(12-15-5-4-11-21-15)13-6-8-14(18)9-7-13/h4-9,11,16H,2-3,10,12H2,1H3,(H,19,20). The lowest BCUT2D eigenvalue weighted by atomic mass is 9.93. The molecule has 2 aromatic rings. The van der Waals surface area contributed by atoms with E-state index in [2.05, 4.69) is 12.2 Å². The van der Waals surface area contributed by atoms with Gasteiger partial charge < -0.3 is 9.73 Å². The van der Waals surface area contributed by atoms with Crippen LogP contribution in [-0.2, 0) is 11.2 Å². The molecule has 0 fully saturated rings. The van der Waals surface area contributed by atoms with Gasteiger partial charge in [0.1, 0.15) is 11.6 Å². The Balaban J connectivity index is 2.13. The number of hydrogen-bond donors (Lipinski definition) is 1. The summed E-state index contributed by atoms with van der Waals surface area (Å²) in [5.41, 5.74) is 0.793. The highest BCUT2D eigenvalue weighted by molar-refractivity contribution is 5.83. The van der Waals surface area contributed by atoms with E-state index in [9.17, 15) is 9.18 Å². The second kappa shape index (κ2) is 7.62. The van der Waals surface area contributed by atoms with E-state index in [-0.39, 0.29) is 17.6 Å². The number of halogens is 1. The predicted molar refractivity (Wildman–Crippen MR) is 79.5 cm³/mol. The maximum absolute atomic E-state index is 13.1. The molecule has 1 aromatic carbocycles. The summed E-state index contributed by atoms with van der Waals surface area (Å²) in [6.07, 6.45) is 4.03. The summed E-state index contributed by atoms with van der Waals surface area (Å²) in [7, 11) is 0. The predicted octanol–water partition coefficient (Wildman–Crippen LogP) is 3.66. The zero-order chi connectivity index (χ0) is 15.1. The van der Waals surface area contributed by atoms with E-state index in [0.717, 1.165) is 24.2 Å². The number of benzene rings is 1. The monoisotopic (exact) mass is 289 g/mol. The lowest BCUT2D eigenvalue weighted by Gasteiger charge is -2.16. The van der Waals surface area contributed by atoms with Crippen LogP contribution in [0.3, 0.4) is 0 Å². The maximum atomic E-state index is 13.1. The van der Waals surface area contributed by atoms with E-state index < -0.39 is 0 Å². The molecule has 1 atom stereocenters. The molecule has 2 rings (SSSR count). The van der Waals surface area contributed by atoms with E-state index in [1.165, 1.54) is 12.1 Å². The Morgan fingerprint density at radius 2 is 2.05 bits per heavy atom. The van der Waals surface area contributed by atoms with Gasteiger partial charge in [0.2, 0.25) is 5.91 Å². The lowest BCUT2D eigenvalue weighted by Crippen LogP contribution is -2.31. The minimum atomic E-state index is -0.367. The molecule has 1 amide bonds. The average Bonchev–Trinajstić information content (AvgIpc) is 2.99. The zero-order valence-corrected chi connectivity index (χ0v) is 12.1. The summed E-state index contributed by atoms with van der Waals surface area (Å²) >= 11 is 0. The van der Waals surface area contributed by atoms with Crippen molar-refractivity contribution in [2.24, 2.45) is 0 Å². The van der Waals surface area contributed by atoms with E-state index in [1.54, 1.807) is 24.5 Å². The van der Waals surface area contributed by atoms with Crippen LogP contribution in [0.25, 0.3) is 0 Å². The van der Waals surface area contributed by atoms with Crippen molar-refractivity contribution >= 4 is 5.91 Å². The van der Waals surface area contributed by atoms with Crippen molar-refractivity contribution in [1.29, 1.82) is 0 Å². The molecule has 3 nitrogen and oxygen atoms in total. The third-order valence-corrected chi connectivity index (χ3v) is 3.40. The Morgan fingerprint density at radius 3 is 2.67 bits per heavy atom. The molecule has 112 valence electrons. The third kappa shape index (κ3) is 4.45. The minimum absolute atomic E-state index is 0.0496. The van der Waals surface area contributed by atoms with E-state index >= 15 is 0 Å². The van der Waals surface area contributed by atoms with E-state index in [1.807, 2.05) is 6.07 Å². The highest BCUT2D eigenvalue weighted by Crippen LogP contribution is 2.22. The molecule has 1 N–H and O–H groups in total. The van der Waals surface area contributed by atoms with Gasteiger partial charge in [-0.15, -0.1) is 0 Å². The topological polar surface area (TPSA) is 42.2 Å². The summed E-state index contributed by atoms with van der Waals surface area (Å²) in [6.45, 7) is 2.73. The van der Waals surface area contributed by atoms with Gasteiger partial charge in [0.25, 0.3) is 0 Å². The molecule has 0 radical (unpaired) electrons. The largest absolute Gasteiger partial charge is 0.469 e. The fourth-order valence-electron chi connectivity index (χ4n) is 2.20. The number of unbranched alkanes of at least 4 members (excludes halogenated alkanes) is 1. The first-order valence-corrected chi connectivity index (χ1v) is 7.26. The second-order valence-electron chi connectivity index (χ2n) is 5.03. The normalized spacial score (nSPS) is 12.1. The maximum Gasteiger partial charge on any atom is 0.228 e. The summed E-state index contributed by atoms with van der Waals surface area (Å²) in [5.74, 6) is 0.0249. The van der Waals surface area contributed by atoms with Crippen molar-refractivity contribution in [3.05, 3.63) is 59.8 Å². The third-order valence-electron chi connectivity index (χ3n) is 3.40. The van der Waals surface area contributed by atoms with Crippen molar-refractivity contribution < 1.29 is 13.6 Å². The summed E-state index contributed by atoms with van der Waals surface area (Å²) in [6, 6.07) is 9.71. The molecule has 0 aliphatic carbocycles. The van der Waals surface area contributed by atoms with Crippen molar-refractivity contribution in [2.75, 3.05) is 6.54 Å². The molecular weight excluding hydrogens is 269 g/mol. The van der Waals surface area contributed by atoms with Crippen LogP contribution in [0.2, 0.25) is 0 Å². The van der Waals surface area contributed by atoms with Gasteiger partial charge in [0.05, 0.1) is 12.2 Å². The van der Waals surface area contributed by atoms with Crippen molar-refractivity contribution in [1.82, 2.24) is 5.32 Å². The van der Waals surface area contributed by atoms with Gasteiger partial charge in [-0.3, -0.25) is 4.79 Å².